The number of rotatable bonds is 22. The molecule has 4 heteroatoms. The molecule has 29 heavy (non-hydrogen) atoms. The zero-order chi connectivity index (χ0) is 20.9. The van der Waals surface area contributed by atoms with E-state index >= 15 is 0 Å². The minimum Gasteiger partial charge on any atom is -0.481 e. The molecule has 0 aromatic rings. The van der Waals surface area contributed by atoms with E-state index in [2.05, 4.69) is 6.92 Å². The van der Waals surface area contributed by atoms with Crippen molar-refractivity contribution in [3.05, 3.63) is 0 Å². The third kappa shape index (κ3) is 23.1. The van der Waals surface area contributed by atoms with Crippen LogP contribution in [-0.4, -0.2) is 22.2 Å². The Kier molecular flexibility index (Phi) is 24.1. The van der Waals surface area contributed by atoms with Gasteiger partial charge in [-0.05, 0) is 19.3 Å². The van der Waals surface area contributed by atoms with Crippen molar-refractivity contribution < 1.29 is 19.8 Å². The summed E-state index contributed by atoms with van der Waals surface area (Å²) in [5.41, 5.74) is 0. The molecule has 0 aromatic heterocycles. The summed E-state index contributed by atoms with van der Waals surface area (Å²) in [6.45, 7) is 2.24. The molecule has 0 radical (unpaired) electrons. The molecule has 0 saturated carbocycles. The number of carboxylic acid groups (broad SMARTS) is 2. The lowest BCUT2D eigenvalue weighted by Crippen LogP contribution is -2.13. The van der Waals surface area contributed by atoms with Gasteiger partial charge in [-0.2, -0.15) is 0 Å². The van der Waals surface area contributed by atoms with Crippen LogP contribution in [0.5, 0.6) is 0 Å². The minimum absolute atomic E-state index is 0. The maximum Gasteiger partial charge on any atom is 0.306 e. The van der Waals surface area contributed by atoms with Crippen molar-refractivity contribution in [1.29, 1.82) is 0 Å². The Balaban J connectivity index is 0. The van der Waals surface area contributed by atoms with Gasteiger partial charge in [0, 0.05) is 6.42 Å². The third-order valence-electron chi connectivity index (χ3n) is 5.70. The molecule has 0 heterocycles. The molecule has 4 nitrogen and oxygen atoms in total. The Bertz CT molecular complexity index is 368. The first-order chi connectivity index (χ1) is 13.6. The van der Waals surface area contributed by atoms with Gasteiger partial charge in [0.25, 0.3) is 0 Å². The average molecular weight is 415 g/mol. The molecule has 174 valence electrons. The van der Waals surface area contributed by atoms with Crippen molar-refractivity contribution in [2.24, 2.45) is 5.92 Å². The fourth-order valence-corrected chi connectivity index (χ4v) is 3.82. The second kappa shape index (κ2) is 23.2. The van der Waals surface area contributed by atoms with Crippen molar-refractivity contribution in [3.63, 3.8) is 0 Å². The summed E-state index contributed by atoms with van der Waals surface area (Å²) in [7, 11) is 0. The second-order valence-electron chi connectivity index (χ2n) is 8.41. The molecule has 0 aliphatic rings. The summed E-state index contributed by atoms with van der Waals surface area (Å²) in [4.78, 5) is 21.9. The zero-order valence-electron chi connectivity index (χ0n) is 18.4. The Morgan fingerprint density at radius 3 is 1.28 bits per heavy atom. The van der Waals surface area contributed by atoms with Crippen LogP contribution in [0.3, 0.4) is 0 Å². The van der Waals surface area contributed by atoms with Crippen LogP contribution in [0.4, 0.5) is 0 Å². The zero-order valence-corrected chi connectivity index (χ0v) is 18.4. The van der Waals surface area contributed by atoms with Crippen LogP contribution < -0.4 is 0 Å². The molecule has 0 bridgehead atoms. The van der Waals surface area contributed by atoms with E-state index < -0.39 is 11.9 Å². The van der Waals surface area contributed by atoms with Gasteiger partial charge in [-0.15, -0.1) is 0 Å². The van der Waals surface area contributed by atoms with Crippen LogP contribution >= 0.6 is 0 Å². The van der Waals surface area contributed by atoms with Crippen molar-refractivity contribution in [2.75, 3.05) is 0 Å². The molecule has 1 unspecified atom stereocenters. The van der Waals surface area contributed by atoms with Crippen LogP contribution in [0.2, 0.25) is 0 Å². The van der Waals surface area contributed by atoms with Gasteiger partial charge < -0.3 is 10.2 Å². The van der Waals surface area contributed by atoms with E-state index in [0.717, 1.165) is 51.4 Å². The molecule has 1 atom stereocenters. The lowest BCUT2D eigenvalue weighted by atomic mass is 9.94. The molecule has 0 aliphatic heterocycles. The predicted molar refractivity (Wildman–Crippen MR) is 124 cm³/mol. The molecule has 2 N–H and O–H groups in total. The average Bonchev–Trinajstić information content (AvgIpc) is 2.65. The first-order valence-electron chi connectivity index (χ1n) is 12.0. The van der Waals surface area contributed by atoms with Gasteiger partial charge in [0.15, 0.2) is 0 Å². The first kappa shape index (κ1) is 30.1. The van der Waals surface area contributed by atoms with E-state index in [1.165, 1.54) is 70.6 Å². The van der Waals surface area contributed by atoms with E-state index in [9.17, 15) is 14.7 Å². The molecule has 0 aliphatic carbocycles. The number of hydrogen-bond acceptors (Lipinski definition) is 2. The van der Waals surface area contributed by atoms with Crippen LogP contribution in [0.25, 0.3) is 0 Å². The van der Waals surface area contributed by atoms with E-state index in [0.29, 0.717) is 0 Å². The van der Waals surface area contributed by atoms with Gasteiger partial charge in [-0.25, -0.2) is 0 Å². The SMILES string of the molecule is C.CCCCCCCCCCCC(CCCCCCCCCCC(=O)O)C(=O)O. The van der Waals surface area contributed by atoms with Crippen LogP contribution in [0, 0.1) is 5.92 Å². The lowest BCUT2D eigenvalue weighted by molar-refractivity contribution is -0.142. The minimum atomic E-state index is -0.699. The van der Waals surface area contributed by atoms with E-state index in [1.807, 2.05) is 0 Å². The summed E-state index contributed by atoms with van der Waals surface area (Å²) in [5.74, 6) is -1.46. The molecule has 0 rings (SSSR count). The van der Waals surface area contributed by atoms with Gasteiger partial charge >= 0.3 is 11.9 Å². The topological polar surface area (TPSA) is 74.6 Å². The third-order valence-corrected chi connectivity index (χ3v) is 5.70. The monoisotopic (exact) mass is 414 g/mol. The van der Waals surface area contributed by atoms with Gasteiger partial charge in [0.1, 0.15) is 0 Å². The summed E-state index contributed by atoms with van der Waals surface area (Å²) < 4.78 is 0. The fraction of sp³-hybridized carbons (Fsp3) is 0.920. The maximum atomic E-state index is 11.4. The first-order valence-corrected chi connectivity index (χ1v) is 12.0. The van der Waals surface area contributed by atoms with Gasteiger partial charge in [0.2, 0.25) is 0 Å². The second-order valence-corrected chi connectivity index (χ2v) is 8.41. The number of hydrogen-bond donors (Lipinski definition) is 2. The van der Waals surface area contributed by atoms with E-state index in [4.69, 9.17) is 5.11 Å². The van der Waals surface area contributed by atoms with Gasteiger partial charge in [-0.1, -0.05) is 117 Å². The lowest BCUT2D eigenvalue weighted by Gasteiger charge is -2.12. The number of carboxylic acids is 2. The Morgan fingerprint density at radius 1 is 0.586 bits per heavy atom. The highest BCUT2D eigenvalue weighted by Crippen LogP contribution is 2.20. The normalized spacial score (nSPS) is 11.8. The van der Waals surface area contributed by atoms with Crippen molar-refractivity contribution in [3.8, 4) is 0 Å². The fourth-order valence-electron chi connectivity index (χ4n) is 3.82. The standard InChI is InChI=1S/C24H46O4.CH4/c1-2-3-4-5-6-7-10-13-16-19-22(24(27)28)20-17-14-11-8-9-12-15-18-21-23(25)26;/h22H,2-21H2,1H3,(H,25,26)(H,27,28);1H4. The van der Waals surface area contributed by atoms with Crippen LogP contribution in [-0.2, 0) is 9.59 Å². The largest absolute Gasteiger partial charge is 0.481 e. The Hall–Kier alpha value is -1.06. The summed E-state index contributed by atoms with van der Waals surface area (Å²) >= 11 is 0. The number of unbranched alkanes of at least 4 members (excludes halogenated alkanes) is 15. The molecular formula is C25H50O4. The molecule has 0 spiro atoms. The molecule has 0 saturated heterocycles. The Labute approximate surface area is 180 Å². The predicted octanol–water partition coefficient (Wildman–Crippen LogP) is 8.23. The summed E-state index contributed by atoms with van der Waals surface area (Å²) in [5, 5.41) is 18.0. The van der Waals surface area contributed by atoms with Crippen molar-refractivity contribution >= 4 is 11.9 Å². The highest BCUT2D eigenvalue weighted by atomic mass is 16.4. The van der Waals surface area contributed by atoms with Crippen molar-refractivity contribution in [2.45, 2.75) is 143 Å². The Morgan fingerprint density at radius 2 is 0.931 bits per heavy atom. The number of carbonyl (C=O) groups is 2. The van der Waals surface area contributed by atoms with Gasteiger partial charge in [-0.3, -0.25) is 9.59 Å². The maximum absolute atomic E-state index is 11.4. The number of aliphatic carboxylic acids is 2. The van der Waals surface area contributed by atoms with Gasteiger partial charge in [0.05, 0.1) is 5.92 Å². The van der Waals surface area contributed by atoms with E-state index in [-0.39, 0.29) is 19.8 Å². The van der Waals surface area contributed by atoms with E-state index in [1.54, 1.807) is 0 Å². The molecule has 0 aromatic carbocycles. The molecule has 0 fully saturated rings. The quantitative estimate of drug-likeness (QED) is 0.175. The highest BCUT2D eigenvalue weighted by molar-refractivity contribution is 5.69. The summed E-state index contributed by atoms with van der Waals surface area (Å²) in [6.07, 6.45) is 22.0. The highest BCUT2D eigenvalue weighted by Gasteiger charge is 2.16. The van der Waals surface area contributed by atoms with Crippen LogP contribution in [0.15, 0.2) is 0 Å². The molecular weight excluding hydrogens is 364 g/mol. The smallest absolute Gasteiger partial charge is 0.306 e. The van der Waals surface area contributed by atoms with Crippen molar-refractivity contribution in [1.82, 2.24) is 0 Å². The molecule has 0 amide bonds. The van der Waals surface area contributed by atoms with Crippen LogP contribution in [0.1, 0.15) is 143 Å². The summed E-state index contributed by atoms with van der Waals surface area (Å²) in [6, 6.07) is 0.